The fourth-order valence-corrected chi connectivity index (χ4v) is 2.10. The summed E-state index contributed by atoms with van der Waals surface area (Å²) in [5, 5.41) is 12.7. The predicted octanol–water partition coefficient (Wildman–Crippen LogP) is -0.0188. The van der Waals surface area contributed by atoms with Crippen molar-refractivity contribution in [2.24, 2.45) is 5.73 Å². The van der Waals surface area contributed by atoms with Crippen molar-refractivity contribution in [2.75, 3.05) is 6.54 Å². The molecular weight excluding hydrogens is 258 g/mol. The Hall–Kier alpha value is -2.34. The minimum atomic E-state index is -1.36. The van der Waals surface area contributed by atoms with Crippen LogP contribution in [-0.4, -0.2) is 34.6 Å². The fraction of sp³-hybridized carbons (Fsp3) is 0.286. The number of amides is 2. The number of aromatic amines is 1. The van der Waals surface area contributed by atoms with Crippen LogP contribution in [0.3, 0.4) is 0 Å². The third-order valence-corrected chi connectivity index (χ3v) is 3.19. The van der Waals surface area contributed by atoms with E-state index >= 15 is 0 Å². The van der Waals surface area contributed by atoms with Crippen molar-refractivity contribution in [1.82, 2.24) is 10.3 Å². The third-order valence-electron chi connectivity index (χ3n) is 3.19. The SMILES string of the molecule is Cc1[nH]c2ccccc2c1CC(=O)NCC(O)C(N)=O. The second-order valence-corrected chi connectivity index (χ2v) is 4.67. The van der Waals surface area contributed by atoms with Gasteiger partial charge in [0.05, 0.1) is 13.0 Å². The molecule has 0 aliphatic rings. The third kappa shape index (κ3) is 2.97. The number of aryl methyl sites for hydroxylation is 1. The van der Waals surface area contributed by atoms with Gasteiger partial charge < -0.3 is 21.1 Å². The summed E-state index contributed by atoms with van der Waals surface area (Å²) in [6.45, 7) is 1.73. The van der Waals surface area contributed by atoms with Crippen molar-refractivity contribution in [2.45, 2.75) is 19.4 Å². The molecule has 1 atom stereocenters. The topological polar surface area (TPSA) is 108 Å². The lowest BCUT2D eigenvalue weighted by atomic mass is 10.1. The summed E-state index contributed by atoms with van der Waals surface area (Å²) in [5.74, 6) is -1.12. The quantitative estimate of drug-likeness (QED) is 0.616. The van der Waals surface area contributed by atoms with Gasteiger partial charge in [-0.05, 0) is 18.6 Å². The molecule has 5 N–H and O–H groups in total. The molecule has 6 nitrogen and oxygen atoms in total. The van der Waals surface area contributed by atoms with Crippen molar-refractivity contribution >= 4 is 22.7 Å². The molecular formula is C14H17N3O3. The standard InChI is InChI=1S/C14H17N3O3/c1-8-10(9-4-2-3-5-11(9)17-8)6-13(19)16-7-12(18)14(15)20/h2-5,12,17-18H,6-7H2,1H3,(H2,15,20)(H,16,19). The van der Waals surface area contributed by atoms with Crippen LogP contribution in [0.5, 0.6) is 0 Å². The van der Waals surface area contributed by atoms with Crippen LogP contribution in [0.4, 0.5) is 0 Å². The minimum Gasteiger partial charge on any atom is -0.381 e. The van der Waals surface area contributed by atoms with Gasteiger partial charge in [0.1, 0.15) is 6.10 Å². The summed E-state index contributed by atoms with van der Waals surface area (Å²) in [7, 11) is 0. The molecule has 2 rings (SSSR count). The number of hydrogen-bond acceptors (Lipinski definition) is 3. The summed E-state index contributed by atoms with van der Waals surface area (Å²) >= 11 is 0. The van der Waals surface area contributed by atoms with E-state index in [1.165, 1.54) is 0 Å². The van der Waals surface area contributed by atoms with Crippen LogP contribution in [0.2, 0.25) is 0 Å². The lowest BCUT2D eigenvalue weighted by molar-refractivity contribution is -0.126. The van der Waals surface area contributed by atoms with Gasteiger partial charge in [-0.3, -0.25) is 9.59 Å². The Labute approximate surface area is 116 Å². The van der Waals surface area contributed by atoms with E-state index in [0.29, 0.717) is 0 Å². The first-order valence-electron chi connectivity index (χ1n) is 6.29. The molecule has 2 amide bonds. The highest BCUT2D eigenvalue weighted by molar-refractivity contribution is 5.90. The zero-order valence-corrected chi connectivity index (χ0v) is 11.1. The first-order chi connectivity index (χ1) is 9.49. The first kappa shape index (κ1) is 14.1. The van der Waals surface area contributed by atoms with E-state index in [4.69, 9.17) is 5.73 Å². The number of nitrogens with one attached hydrogen (secondary N) is 2. The average Bonchev–Trinajstić information content (AvgIpc) is 2.72. The molecule has 0 aliphatic carbocycles. The molecule has 0 aliphatic heterocycles. The lowest BCUT2D eigenvalue weighted by Gasteiger charge is -2.08. The highest BCUT2D eigenvalue weighted by Gasteiger charge is 2.15. The number of primary amides is 1. The Bertz CT molecular complexity index is 648. The summed E-state index contributed by atoms with van der Waals surface area (Å²) in [5.41, 5.74) is 7.72. The summed E-state index contributed by atoms with van der Waals surface area (Å²) < 4.78 is 0. The number of aliphatic hydroxyl groups is 1. The number of aliphatic hydroxyl groups excluding tert-OH is 1. The summed E-state index contributed by atoms with van der Waals surface area (Å²) in [4.78, 5) is 25.7. The van der Waals surface area contributed by atoms with Crippen LogP contribution in [0.25, 0.3) is 10.9 Å². The summed E-state index contributed by atoms with van der Waals surface area (Å²) in [6.07, 6.45) is -1.18. The molecule has 20 heavy (non-hydrogen) atoms. The Morgan fingerprint density at radius 2 is 2.10 bits per heavy atom. The number of para-hydroxylation sites is 1. The van der Waals surface area contributed by atoms with Crippen LogP contribution in [0.1, 0.15) is 11.3 Å². The minimum absolute atomic E-state index is 0.171. The zero-order valence-electron chi connectivity index (χ0n) is 11.1. The van der Waals surface area contributed by atoms with Crippen molar-refractivity contribution < 1.29 is 14.7 Å². The Balaban J connectivity index is 2.06. The van der Waals surface area contributed by atoms with Crippen LogP contribution >= 0.6 is 0 Å². The van der Waals surface area contributed by atoms with E-state index in [0.717, 1.165) is 22.2 Å². The second kappa shape index (κ2) is 5.75. The monoisotopic (exact) mass is 275 g/mol. The normalized spacial score (nSPS) is 12.3. The molecule has 0 bridgehead atoms. The van der Waals surface area contributed by atoms with E-state index in [9.17, 15) is 14.7 Å². The van der Waals surface area contributed by atoms with Crippen molar-refractivity contribution in [3.8, 4) is 0 Å². The number of aromatic nitrogens is 1. The predicted molar refractivity (Wildman–Crippen MR) is 75.0 cm³/mol. The van der Waals surface area contributed by atoms with Crippen LogP contribution in [0.15, 0.2) is 24.3 Å². The van der Waals surface area contributed by atoms with Gasteiger partial charge in [0.15, 0.2) is 0 Å². The molecule has 0 saturated heterocycles. The number of H-pyrrole nitrogens is 1. The molecule has 1 unspecified atom stereocenters. The average molecular weight is 275 g/mol. The first-order valence-corrected chi connectivity index (χ1v) is 6.29. The molecule has 106 valence electrons. The number of nitrogens with two attached hydrogens (primary N) is 1. The number of benzene rings is 1. The molecule has 0 fully saturated rings. The van der Waals surface area contributed by atoms with E-state index in [-0.39, 0.29) is 18.9 Å². The van der Waals surface area contributed by atoms with E-state index in [1.54, 1.807) is 0 Å². The number of rotatable bonds is 5. The Kier molecular flexibility index (Phi) is 4.05. The molecule has 1 heterocycles. The highest BCUT2D eigenvalue weighted by atomic mass is 16.3. The van der Waals surface area contributed by atoms with Crippen molar-refractivity contribution in [3.05, 3.63) is 35.5 Å². The number of carbonyl (C=O) groups excluding carboxylic acids is 2. The van der Waals surface area contributed by atoms with E-state index in [2.05, 4.69) is 10.3 Å². The molecule has 1 aromatic carbocycles. The Morgan fingerprint density at radius 3 is 2.80 bits per heavy atom. The van der Waals surface area contributed by atoms with Gasteiger partial charge in [-0.2, -0.15) is 0 Å². The van der Waals surface area contributed by atoms with Gasteiger partial charge in [0.25, 0.3) is 0 Å². The molecule has 0 spiro atoms. The van der Waals surface area contributed by atoms with Gasteiger partial charge in [0, 0.05) is 16.6 Å². The van der Waals surface area contributed by atoms with Gasteiger partial charge in [0.2, 0.25) is 11.8 Å². The second-order valence-electron chi connectivity index (χ2n) is 4.67. The maximum absolute atomic E-state index is 11.8. The fourth-order valence-electron chi connectivity index (χ4n) is 2.10. The Morgan fingerprint density at radius 1 is 1.40 bits per heavy atom. The number of carbonyl (C=O) groups is 2. The molecule has 0 saturated carbocycles. The van der Waals surface area contributed by atoms with Gasteiger partial charge in [-0.25, -0.2) is 0 Å². The summed E-state index contributed by atoms with van der Waals surface area (Å²) in [6, 6.07) is 7.72. The molecule has 2 aromatic rings. The largest absolute Gasteiger partial charge is 0.381 e. The van der Waals surface area contributed by atoms with Crippen molar-refractivity contribution in [1.29, 1.82) is 0 Å². The van der Waals surface area contributed by atoms with Crippen molar-refractivity contribution in [3.63, 3.8) is 0 Å². The van der Waals surface area contributed by atoms with Gasteiger partial charge in [-0.15, -0.1) is 0 Å². The van der Waals surface area contributed by atoms with E-state index in [1.807, 2.05) is 31.2 Å². The number of hydrogen-bond donors (Lipinski definition) is 4. The maximum Gasteiger partial charge on any atom is 0.248 e. The van der Waals surface area contributed by atoms with Crippen LogP contribution in [-0.2, 0) is 16.0 Å². The van der Waals surface area contributed by atoms with Gasteiger partial charge in [-0.1, -0.05) is 18.2 Å². The molecule has 1 aromatic heterocycles. The smallest absolute Gasteiger partial charge is 0.248 e. The lowest BCUT2D eigenvalue weighted by Crippen LogP contribution is -2.40. The molecule has 6 heteroatoms. The zero-order chi connectivity index (χ0) is 14.7. The number of fused-ring (bicyclic) bond motifs is 1. The van der Waals surface area contributed by atoms with Crippen LogP contribution < -0.4 is 11.1 Å². The van der Waals surface area contributed by atoms with Crippen LogP contribution in [0, 0.1) is 6.92 Å². The highest BCUT2D eigenvalue weighted by Crippen LogP contribution is 2.22. The van der Waals surface area contributed by atoms with Gasteiger partial charge >= 0.3 is 0 Å². The van der Waals surface area contributed by atoms with E-state index < -0.39 is 12.0 Å². The maximum atomic E-state index is 11.8. The molecule has 0 radical (unpaired) electrons.